The highest BCUT2D eigenvalue weighted by Gasteiger charge is 2.19. The van der Waals surface area contributed by atoms with Crippen molar-refractivity contribution in [2.75, 3.05) is 0 Å². The van der Waals surface area contributed by atoms with Crippen molar-refractivity contribution in [3.8, 4) is 0 Å². The first kappa shape index (κ1) is 6.96. The van der Waals surface area contributed by atoms with Crippen molar-refractivity contribution in [1.29, 1.82) is 0 Å². The number of aryl methyl sites for hydroxylation is 1. The van der Waals surface area contributed by atoms with E-state index in [-0.39, 0.29) is 0 Å². The predicted octanol–water partition coefficient (Wildman–Crippen LogP) is 2.75. The van der Waals surface area contributed by atoms with E-state index in [0.717, 1.165) is 6.42 Å². The maximum atomic E-state index is 4.09. The summed E-state index contributed by atoms with van der Waals surface area (Å²) in [5.74, 6) is 0. The smallest absolute Gasteiger partial charge is 0.0486 e. The van der Waals surface area contributed by atoms with Gasteiger partial charge in [0.05, 0.1) is 0 Å². The van der Waals surface area contributed by atoms with Crippen LogP contribution in [0.25, 0.3) is 16.5 Å². The van der Waals surface area contributed by atoms with Crippen LogP contribution < -0.4 is 0 Å². The van der Waals surface area contributed by atoms with Gasteiger partial charge < -0.3 is 4.57 Å². The summed E-state index contributed by atoms with van der Waals surface area (Å²) in [5.41, 5.74) is 5.36. The molecule has 2 aromatic rings. The first-order valence-corrected chi connectivity index (χ1v) is 4.52. The molecule has 0 atom stereocenters. The zero-order valence-corrected chi connectivity index (χ0v) is 7.67. The highest BCUT2D eigenvalue weighted by atomic mass is 14.9. The van der Waals surface area contributed by atoms with Gasteiger partial charge in [-0.1, -0.05) is 18.7 Å². The maximum Gasteiger partial charge on any atom is 0.0486 e. The van der Waals surface area contributed by atoms with Gasteiger partial charge in [-0.3, -0.25) is 0 Å². The van der Waals surface area contributed by atoms with Crippen LogP contribution in [-0.4, -0.2) is 4.57 Å². The molecular formula is C12H11N. The summed E-state index contributed by atoms with van der Waals surface area (Å²) in [5, 5.41) is 1.41. The third-order valence-corrected chi connectivity index (χ3v) is 2.88. The van der Waals surface area contributed by atoms with E-state index < -0.39 is 0 Å². The molecule has 0 aliphatic heterocycles. The lowest BCUT2D eigenvalue weighted by molar-refractivity contribution is 0.960. The molecule has 0 unspecified atom stereocenters. The highest BCUT2D eigenvalue weighted by molar-refractivity contribution is 6.00. The minimum atomic E-state index is 1.02. The van der Waals surface area contributed by atoms with Gasteiger partial charge in [-0.05, 0) is 29.2 Å². The number of aromatic nitrogens is 1. The number of hydrogen-bond donors (Lipinski definition) is 0. The number of allylic oxidation sites excluding steroid dienone is 1. The van der Waals surface area contributed by atoms with Crippen LogP contribution in [0, 0.1) is 0 Å². The fourth-order valence-corrected chi connectivity index (χ4v) is 2.29. The maximum absolute atomic E-state index is 4.09. The van der Waals surface area contributed by atoms with E-state index in [1.54, 1.807) is 0 Å². The zero-order chi connectivity index (χ0) is 9.00. The molecule has 1 nitrogen and oxygen atoms in total. The Balaban J connectivity index is 2.59. The summed E-state index contributed by atoms with van der Waals surface area (Å²) < 4.78 is 2.20. The van der Waals surface area contributed by atoms with Crippen LogP contribution in [-0.2, 0) is 13.5 Å². The Kier molecular flexibility index (Phi) is 1.10. The van der Waals surface area contributed by atoms with Crippen LogP contribution in [0.2, 0.25) is 0 Å². The van der Waals surface area contributed by atoms with Gasteiger partial charge in [-0.15, -0.1) is 0 Å². The van der Waals surface area contributed by atoms with Crippen molar-refractivity contribution in [2.45, 2.75) is 6.42 Å². The monoisotopic (exact) mass is 169 g/mol. The van der Waals surface area contributed by atoms with Gasteiger partial charge in [-0.25, -0.2) is 0 Å². The number of benzene rings is 1. The quantitative estimate of drug-likeness (QED) is 0.571. The number of nitrogens with zero attached hydrogens (tertiary/aromatic N) is 1. The van der Waals surface area contributed by atoms with E-state index in [4.69, 9.17) is 0 Å². The lowest BCUT2D eigenvalue weighted by Crippen LogP contribution is -1.86. The van der Waals surface area contributed by atoms with Crippen molar-refractivity contribution in [3.63, 3.8) is 0 Å². The molecule has 0 bridgehead atoms. The second-order valence-corrected chi connectivity index (χ2v) is 3.75. The lowest BCUT2D eigenvalue weighted by Gasteiger charge is -2.00. The molecule has 0 amide bonds. The van der Waals surface area contributed by atoms with Crippen molar-refractivity contribution in [3.05, 3.63) is 42.1 Å². The van der Waals surface area contributed by atoms with Gasteiger partial charge in [0.25, 0.3) is 0 Å². The molecule has 0 fully saturated rings. The van der Waals surface area contributed by atoms with Gasteiger partial charge in [-0.2, -0.15) is 0 Å². The SMILES string of the molecule is C=C1Cc2cn(C)c3cccc1c23. The summed E-state index contributed by atoms with van der Waals surface area (Å²) in [7, 11) is 2.10. The molecule has 3 rings (SSSR count). The standard InChI is InChI=1S/C12H11N/c1-8-6-9-7-13(2)11-5-3-4-10(8)12(9)11/h3-5,7H,1,6H2,2H3. The Morgan fingerprint density at radius 1 is 1.38 bits per heavy atom. The first-order valence-electron chi connectivity index (χ1n) is 4.52. The molecule has 1 heteroatoms. The molecule has 0 radical (unpaired) electrons. The molecule has 1 aliphatic rings. The fourth-order valence-electron chi connectivity index (χ4n) is 2.29. The Morgan fingerprint density at radius 2 is 2.23 bits per heavy atom. The Bertz CT molecular complexity index is 517. The molecule has 1 aromatic carbocycles. The average molecular weight is 169 g/mol. The third-order valence-electron chi connectivity index (χ3n) is 2.88. The molecule has 0 spiro atoms. The van der Waals surface area contributed by atoms with Gasteiger partial charge in [0.15, 0.2) is 0 Å². The van der Waals surface area contributed by atoms with Crippen LogP contribution in [0.3, 0.4) is 0 Å². The van der Waals surface area contributed by atoms with Crippen LogP contribution in [0.15, 0.2) is 31.0 Å². The molecule has 0 saturated carbocycles. The minimum Gasteiger partial charge on any atom is -0.350 e. The van der Waals surface area contributed by atoms with Crippen molar-refractivity contribution in [2.24, 2.45) is 7.05 Å². The second-order valence-electron chi connectivity index (χ2n) is 3.75. The average Bonchev–Trinajstić information content (AvgIpc) is 2.59. The van der Waals surface area contributed by atoms with Crippen LogP contribution in [0.5, 0.6) is 0 Å². The van der Waals surface area contributed by atoms with Crippen LogP contribution in [0.4, 0.5) is 0 Å². The third kappa shape index (κ3) is 0.718. The molecule has 0 N–H and O–H groups in total. The van der Waals surface area contributed by atoms with E-state index >= 15 is 0 Å². The van der Waals surface area contributed by atoms with Gasteiger partial charge in [0, 0.05) is 24.1 Å². The predicted molar refractivity (Wildman–Crippen MR) is 55.7 cm³/mol. The summed E-state index contributed by atoms with van der Waals surface area (Å²) in [4.78, 5) is 0. The van der Waals surface area contributed by atoms with E-state index in [2.05, 4.69) is 42.6 Å². The Hall–Kier alpha value is -1.50. The molecular weight excluding hydrogens is 158 g/mol. The second kappa shape index (κ2) is 2.05. The number of rotatable bonds is 0. The number of hydrogen-bond acceptors (Lipinski definition) is 0. The Labute approximate surface area is 77.3 Å². The summed E-state index contributed by atoms with van der Waals surface area (Å²) >= 11 is 0. The normalized spacial score (nSPS) is 14.4. The van der Waals surface area contributed by atoms with Crippen molar-refractivity contribution < 1.29 is 0 Å². The van der Waals surface area contributed by atoms with E-state index in [1.807, 2.05) is 0 Å². The van der Waals surface area contributed by atoms with E-state index in [1.165, 1.54) is 27.6 Å². The Morgan fingerprint density at radius 3 is 3.08 bits per heavy atom. The fraction of sp³-hybridized carbons (Fsp3) is 0.167. The highest BCUT2D eigenvalue weighted by Crippen LogP contribution is 2.37. The van der Waals surface area contributed by atoms with Crippen molar-refractivity contribution >= 4 is 16.5 Å². The molecule has 0 saturated heterocycles. The van der Waals surface area contributed by atoms with Gasteiger partial charge >= 0.3 is 0 Å². The summed E-state index contributed by atoms with van der Waals surface area (Å²) in [6, 6.07) is 6.44. The topological polar surface area (TPSA) is 4.93 Å². The van der Waals surface area contributed by atoms with Crippen molar-refractivity contribution in [1.82, 2.24) is 4.57 Å². The van der Waals surface area contributed by atoms with Gasteiger partial charge in [0.1, 0.15) is 0 Å². The lowest BCUT2D eigenvalue weighted by atomic mass is 10.1. The summed E-state index contributed by atoms with van der Waals surface area (Å²) in [6.07, 6.45) is 3.24. The molecule has 1 aliphatic carbocycles. The molecule has 1 aromatic heterocycles. The van der Waals surface area contributed by atoms with E-state index in [9.17, 15) is 0 Å². The van der Waals surface area contributed by atoms with Crippen LogP contribution >= 0.6 is 0 Å². The minimum absolute atomic E-state index is 1.02. The largest absolute Gasteiger partial charge is 0.350 e. The molecule has 13 heavy (non-hydrogen) atoms. The van der Waals surface area contributed by atoms with E-state index in [0.29, 0.717) is 0 Å². The molecule has 1 heterocycles. The summed E-state index contributed by atoms with van der Waals surface area (Å²) in [6.45, 7) is 4.09. The molecule has 64 valence electrons. The zero-order valence-electron chi connectivity index (χ0n) is 7.67. The first-order chi connectivity index (χ1) is 6.27. The van der Waals surface area contributed by atoms with Gasteiger partial charge in [0.2, 0.25) is 0 Å². The van der Waals surface area contributed by atoms with Crippen LogP contribution in [0.1, 0.15) is 11.1 Å².